The lowest BCUT2D eigenvalue weighted by atomic mass is 9.58. The van der Waals surface area contributed by atoms with Crippen molar-refractivity contribution in [1.29, 1.82) is 0 Å². The van der Waals surface area contributed by atoms with Gasteiger partial charge in [-0.15, -0.1) is 0 Å². The van der Waals surface area contributed by atoms with Crippen molar-refractivity contribution in [2.45, 2.75) is 64.8 Å². The number of carbonyl (C=O) groups excluding carboxylic acids is 2. The van der Waals surface area contributed by atoms with E-state index in [4.69, 9.17) is 4.65 Å². The predicted octanol–water partition coefficient (Wildman–Crippen LogP) is 3.59. The van der Waals surface area contributed by atoms with Crippen molar-refractivity contribution in [3.63, 3.8) is 0 Å². The van der Waals surface area contributed by atoms with Crippen LogP contribution < -0.4 is 10.4 Å². The molecule has 2 amide bonds. The molecule has 220 valence electrons. The minimum Gasteiger partial charge on any atom is -0.505 e. The van der Waals surface area contributed by atoms with Gasteiger partial charge in [-0.25, -0.2) is 4.39 Å². The molecule has 0 aromatic heterocycles. The number of hydrogen-bond donors (Lipinski definition) is 4. The molecule has 1 aliphatic carbocycles. The van der Waals surface area contributed by atoms with E-state index in [1.165, 1.54) is 24.3 Å². The number of fused-ring (bicyclic) bond motifs is 3. The van der Waals surface area contributed by atoms with E-state index >= 15 is 0 Å². The minimum absolute atomic E-state index is 0.184. The number of benzene rings is 2. The number of carbonyl (C=O) groups is 2. The van der Waals surface area contributed by atoms with Crippen molar-refractivity contribution in [2.75, 3.05) is 4.90 Å². The van der Waals surface area contributed by atoms with Gasteiger partial charge in [0, 0.05) is 0 Å². The van der Waals surface area contributed by atoms with E-state index in [2.05, 4.69) is 6.92 Å². The highest BCUT2D eigenvalue weighted by Crippen LogP contribution is 2.51. The van der Waals surface area contributed by atoms with Crippen molar-refractivity contribution >= 4 is 43.3 Å². The third kappa shape index (κ3) is 5.83. The Kier molecular flexibility index (Phi) is 9.03. The first-order valence-electron chi connectivity index (χ1n) is 14.7. The summed E-state index contributed by atoms with van der Waals surface area (Å²) in [6.07, 6.45) is 5.66. The molecule has 11 heteroatoms. The summed E-state index contributed by atoms with van der Waals surface area (Å²) < 4.78 is 20.0. The van der Waals surface area contributed by atoms with Crippen molar-refractivity contribution in [1.82, 2.24) is 0 Å². The average Bonchev–Trinajstić information content (AvgIpc) is 3.22. The van der Waals surface area contributed by atoms with Crippen LogP contribution in [-0.4, -0.2) is 52.3 Å². The lowest BCUT2D eigenvalue weighted by Crippen LogP contribution is -2.46. The number of aromatic hydroxyl groups is 1. The Labute approximate surface area is 245 Å². The van der Waals surface area contributed by atoms with E-state index in [0.29, 0.717) is 36.9 Å². The third-order valence-electron chi connectivity index (χ3n) is 8.80. The van der Waals surface area contributed by atoms with Gasteiger partial charge in [-0.3, -0.25) is 14.5 Å². The predicted molar refractivity (Wildman–Crippen MR) is 159 cm³/mol. The Balaban J connectivity index is 1.42. The second kappa shape index (κ2) is 12.6. The van der Waals surface area contributed by atoms with Crippen molar-refractivity contribution in [3.8, 4) is 5.75 Å². The molecule has 2 aromatic carbocycles. The van der Waals surface area contributed by atoms with Crippen LogP contribution in [0, 0.1) is 23.6 Å². The fourth-order valence-electron chi connectivity index (χ4n) is 6.94. The first-order chi connectivity index (χ1) is 20.1. The van der Waals surface area contributed by atoms with Gasteiger partial charge in [0.05, 0.1) is 23.6 Å². The van der Waals surface area contributed by atoms with Crippen molar-refractivity contribution in [3.05, 3.63) is 70.6 Å². The van der Waals surface area contributed by atoms with E-state index in [1.54, 1.807) is 18.2 Å². The normalized spacial score (nSPS) is 24.3. The van der Waals surface area contributed by atoms with E-state index in [9.17, 15) is 34.2 Å². The maximum absolute atomic E-state index is 13.9. The number of rotatable bonds is 9. The third-order valence-corrected chi connectivity index (χ3v) is 8.80. The fourth-order valence-corrected chi connectivity index (χ4v) is 6.94. The molecule has 4 atom stereocenters. The number of nitrogens with zero attached hydrogens (tertiary/aromatic N) is 1. The van der Waals surface area contributed by atoms with Gasteiger partial charge in [0.1, 0.15) is 0 Å². The van der Waals surface area contributed by atoms with E-state index in [1.807, 2.05) is 13.0 Å². The molecule has 0 spiro atoms. The van der Waals surface area contributed by atoms with Crippen LogP contribution >= 0.6 is 0 Å². The highest BCUT2D eigenvalue weighted by Gasteiger charge is 2.57. The molecule has 42 heavy (non-hydrogen) atoms. The molecule has 0 bridgehead atoms. The lowest BCUT2D eigenvalue weighted by molar-refractivity contribution is -0.122. The van der Waals surface area contributed by atoms with Crippen LogP contribution in [0.1, 0.15) is 57.9 Å². The first-order valence-corrected chi connectivity index (χ1v) is 14.7. The summed E-state index contributed by atoms with van der Waals surface area (Å²) in [6.45, 7) is 4.08. The van der Waals surface area contributed by atoms with Crippen LogP contribution in [0.5, 0.6) is 5.75 Å². The topological polar surface area (TPSA) is 128 Å². The maximum atomic E-state index is 13.9. The lowest BCUT2D eigenvalue weighted by Gasteiger charge is -2.43. The highest BCUT2D eigenvalue weighted by molar-refractivity contribution is 6.58. The van der Waals surface area contributed by atoms with Crippen LogP contribution in [0.15, 0.2) is 59.2 Å². The quantitative estimate of drug-likeness (QED) is 0.205. The number of halogens is 1. The van der Waals surface area contributed by atoms with Crippen LogP contribution in [0.4, 0.5) is 10.1 Å². The molecule has 8 nitrogen and oxygen atoms in total. The molecule has 5 rings (SSSR count). The molecule has 3 aliphatic rings. The summed E-state index contributed by atoms with van der Waals surface area (Å²) >= 11 is 0. The Hall–Kier alpha value is -3.24. The second-order valence-electron chi connectivity index (χ2n) is 11.5. The summed E-state index contributed by atoms with van der Waals surface area (Å²) in [5.41, 5.74) is 4.29. The molecular weight excluding hydrogens is 539 g/mol. The number of amides is 2. The average molecular weight is 575 g/mol. The molecular formula is C31H36B2FNO7. The largest absolute Gasteiger partial charge is 0.505 e. The number of anilines is 1. The Morgan fingerprint density at radius 1 is 1.12 bits per heavy atom. The number of hydrogen-bond acceptors (Lipinski definition) is 7. The summed E-state index contributed by atoms with van der Waals surface area (Å²) in [6, 6.07) is 10.4. The van der Waals surface area contributed by atoms with Crippen LogP contribution in [-0.2, 0) is 14.2 Å². The van der Waals surface area contributed by atoms with E-state index < -0.39 is 43.7 Å². The van der Waals surface area contributed by atoms with E-state index in [0.717, 1.165) is 34.5 Å². The summed E-state index contributed by atoms with van der Waals surface area (Å²) in [5, 5.41) is 39.6. The maximum Gasteiger partial charge on any atom is 0.488 e. The Morgan fingerprint density at radius 3 is 2.60 bits per heavy atom. The Morgan fingerprint density at radius 2 is 1.90 bits per heavy atom. The van der Waals surface area contributed by atoms with E-state index in [-0.39, 0.29) is 29.5 Å². The number of phenols is 1. The molecule has 2 heterocycles. The molecule has 2 aliphatic heterocycles. The van der Waals surface area contributed by atoms with Gasteiger partial charge in [0.15, 0.2) is 11.6 Å². The number of allylic oxidation sites excluding steroid dienone is 2. The van der Waals surface area contributed by atoms with Crippen molar-refractivity contribution in [2.24, 2.45) is 17.8 Å². The van der Waals surface area contributed by atoms with Gasteiger partial charge in [-0.1, -0.05) is 55.7 Å². The molecule has 0 radical (unpaired) electrons. The SMILES string of the molecule is CCC/C(=C\c1ccc(O)c(F)c1)CC[C@H]1OB(O)C[C@H]2C1=C(CC)C[C@H]1C(=O)N(c3cccc(B(O)O)c3)C(=O)[C@H]12. The molecule has 4 N–H and O–H groups in total. The standard InChI is InChI=1S/C31H36B2FNO7/c1-3-6-18(13-19-9-11-26(36)25(34)14-19)10-12-27-28-20(4-2)15-23-29(24(28)17-32(39)42-27)31(38)35(30(23)37)22-8-5-7-21(16-22)33(40)41/h5,7-9,11,13-14,16,23-24,27,29,36,39-41H,3-4,6,10,12,15,17H2,1-2H3/b18-13+/t23-,24+,27-,29-/m1/s1. The molecule has 0 unspecified atom stereocenters. The van der Waals surface area contributed by atoms with Crippen LogP contribution in [0.3, 0.4) is 0 Å². The molecule has 0 saturated carbocycles. The van der Waals surface area contributed by atoms with Crippen LogP contribution in [0.25, 0.3) is 6.08 Å². The zero-order chi connectivity index (χ0) is 30.1. The molecule has 2 aromatic rings. The fraction of sp³-hybridized carbons (Fsp3) is 0.419. The first kappa shape index (κ1) is 30.2. The van der Waals surface area contributed by atoms with Gasteiger partial charge in [-0.2, -0.15) is 0 Å². The summed E-state index contributed by atoms with van der Waals surface area (Å²) in [7, 11) is -2.82. The number of phenolic OH excluding ortho intramolecular Hbond substituents is 1. The van der Waals surface area contributed by atoms with Gasteiger partial charge < -0.3 is 24.8 Å². The minimum atomic E-state index is -1.73. The number of imide groups is 1. The molecule has 2 fully saturated rings. The van der Waals surface area contributed by atoms with Crippen molar-refractivity contribution < 1.29 is 38.8 Å². The second-order valence-corrected chi connectivity index (χ2v) is 11.5. The zero-order valence-electron chi connectivity index (χ0n) is 23.9. The zero-order valence-corrected chi connectivity index (χ0v) is 23.9. The van der Waals surface area contributed by atoms with Gasteiger partial charge >= 0.3 is 14.2 Å². The molecule has 2 saturated heterocycles. The smallest absolute Gasteiger partial charge is 0.488 e. The Bertz CT molecular complexity index is 1430. The van der Waals surface area contributed by atoms with Gasteiger partial charge in [-0.05, 0) is 85.2 Å². The summed E-state index contributed by atoms with van der Waals surface area (Å²) in [4.78, 5) is 28.7. The van der Waals surface area contributed by atoms with Gasteiger partial charge in [0.25, 0.3) is 0 Å². The monoisotopic (exact) mass is 575 g/mol. The van der Waals surface area contributed by atoms with Crippen LogP contribution in [0.2, 0.25) is 6.32 Å². The van der Waals surface area contributed by atoms with Gasteiger partial charge in [0.2, 0.25) is 11.8 Å². The summed E-state index contributed by atoms with van der Waals surface area (Å²) in [5.74, 6) is -3.30. The highest BCUT2D eigenvalue weighted by atomic mass is 19.1.